The van der Waals surface area contributed by atoms with Crippen LogP contribution in [0.4, 0.5) is 4.79 Å². The molecule has 0 aromatic rings. The Labute approximate surface area is 149 Å². The van der Waals surface area contributed by atoms with Crippen molar-refractivity contribution in [2.75, 3.05) is 32.7 Å². The topological polar surface area (TPSA) is 73.0 Å². The Kier molecular flexibility index (Phi) is 5.42. The highest BCUT2D eigenvalue weighted by Gasteiger charge is 2.39. The lowest BCUT2D eigenvalue weighted by Crippen LogP contribution is -2.63. The first-order valence-corrected chi connectivity index (χ1v) is 9.20. The minimum atomic E-state index is -0.454. The lowest BCUT2D eigenvalue weighted by Gasteiger charge is -2.50. The maximum absolute atomic E-state index is 12.7. The van der Waals surface area contributed by atoms with E-state index in [0.29, 0.717) is 18.6 Å². The van der Waals surface area contributed by atoms with Gasteiger partial charge in [-0.3, -0.25) is 19.8 Å². The zero-order valence-electron chi connectivity index (χ0n) is 15.0. The van der Waals surface area contributed by atoms with Crippen LogP contribution in [0.1, 0.15) is 39.0 Å². The standard InChI is InChI=1S/C18H28N4O3/c1-13(2)6-9-22-14-4-3-5-15(22)11-21(10-14)17(24)12-20-8-7-16(23)19-18(20)25/h14-15H,1,3-12H2,2H3,(H,19,23,25). The van der Waals surface area contributed by atoms with Crippen LogP contribution in [0.3, 0.4) is 0 Å². The van der Waals surface area contributed by atoms with E-state index in [4.69, 9.17) is 0 Å². The van der Waals surface area contributed by atoms with Crippen LogP contribution in [0.2, 0.25) is 0 Å². The third-order valence-electron chi connectivity index (χ3n) is 5.49. The Morgan fingerprint density at radius 2 is 1.92 bits per heavy atom. The van der Waals surface area contributed by atoms with Gasteiger partial charge in [0.2, 0.25) is 11.8 Å². The number of rotatable bonds is 5. The van der Waals surface area contributed by atoms with E-state index in [0.717, 1.165) is 38.9 Å². The van der Waals surface area contributed by atoms with E-state index in [1.54, 1.807) is 0 Å². The Balaban J connectivity index is 1.57. The Bertz CT molecular complexity index is 563. The van der Waals surface area contributed by atoms with Crippen molar-refractivity contribution in [3.05, 3.63) is 12.2 Å². The fourth-order valence-corrected chi connectivity index (χ4v) is 4.10. The van der Waals surface area contributed by atoms with Gasteiger partial charge in [0.1, 0.15) is 6.54 Å². The van der Waals surface area contributed by atoms with E-state index in [9.17, 15) is 14.4 Å². The number of likely N-dealkylation sites (tertiary alicyclic amines) is 1. The molecule has 7 heteroatoms. The number of amides is 4. The summed E-state index contributed by atoms with van der Waals surface area (Å²) in [5.74, 6) is -0.282. The van der Waals surface area contributed by atoms with E-state index in [2.05, 4.69) is 23.7 Å². The Morgan fingerprint density at radius 1 is 1.24 bits per heavy atom. The molecule has 2 unspecified atom stereocenters. The average Bonchev–Trinajstić information content (AvgIpc) is 2.54. The predicted octanol–water partition coefficient (Wildman–Crippen LogP) is 0.960. The summed E-state index contributed by atoms with van der Waals surface area (Å²) in [7, 11) is 0. The van der Waals surface area contributed by atoms with E-state index < -0.39 is 6.03 Å². The van der Waals surface area contributed by atoms with Gasteiger partial charge in [0, 0.05) is 44.7 Å². The summed E-state index contributed by atoms with van der Waals surface area (Å²) in [4.78, 5) is 41.6. The molecule has 3 heterocycles. The molecule has 138 valence electrons. The minimum absolute atomic E-state index is 0.0130. The van der Waals surface area contributed by atoms with E-state index >= 15 is 0 Å². The molecule has 0 aromatic carbocycles. The number of imide groups is 1. The van der Waals surface area contributed by atoms with Gasteiger partial charge in [-0.25, -0.2) is 4.79 Å². The summed E-state index contributed by atoms with van der Waals surface area (Å²) in [6.07, 6.45) is 4.73. The SMILES string of the molecule is C=C(C)CCN1C2CCCC1CN(C(=O)CN1CCC(=O)NC1=O)C2. The van der Waals surface area contributed by atoms with Gasteiger partial charge in [-0.1, -0.05) is 12.0 Å². The highest BCUT2D eigenvalue weighted by molar-refractivity contribution is 5.98. The van der Waals surface area contributed by atoms with Gasteiger partial charge in [0.15, 0.2) is 0 Å². The first-order valence-electron chi connectivity index (χ1n) is 9.20. The van der Waals surface area contributed by atoms with Crippen LogP contribution in [-0.2, 0) is 9.59 Å². The monoisotopic (exact) mass is 348 g/mol. The van der Waals surface area contributed by atoms with Gasteiger partial charge < -0.3 is 9.80 Å². The van der Waals surface area contributed by atoms with Gasteiger partial charge in [-0.15, -0.1) is 6.58 Å². The number of nitrogens with zero attached hydrogens (tertiary/aromatic N) is 3. The molecule has 3 aliphatic heterocycles. The molecule has 3 saturated heterocycles. The van der Waals surface area contributed by atoms with Gasteiger partial charge >= 0.3 is 6.03 Å². The highest BCUT2D eigenvalue weighted by atomic mass is 16.2. The number of carbonyl (C=O) groups is 3. The summed E-state index contributed by atoms with van der Waals surface area (Å²) >= 11 is 0. The van der Waals surface area contributed by atoms with Crippen molar-refractivity contribution < 1.29 is 14.4 Å². The molecule has 1 N–H and O–H groups in total. The average molecular weight is 348 g/mol. The normalized spacial score (nSPS) is 27.2. The fourth-order valence-electron chi connectivity index (χ4n) is 4.10. The Morgan fingerprint density at radius 3 is 2.52 bits per heavy atom. The first-order chi connectivity index (χ1) is 11.9. The lowest BCUT2D eigenvalue weighted by molar-refractivity contribution is -0.138. The minimum Gasteiger partial charge on any atom is -0.338 e. The molecular formula is C18H28N4O3. The van der Waals surface area contributed by atoms with E-state index in [-0.39, 0.29) is 24.8 Å². The molecule has 2 atom stereocenters. The summed E-state index contributed by atoms with van der Waals surface area (Å²) in [5, 5.41) is 2.27. The van der Waals surface area contributed by atoms with Crippen molar-refractivity contribution in [1.29, 1.82) is 0 Å². The number of nitrogens with one attached hydrogen (secondary N) is 1. The van der Waals surface area contributed by atoms with Gasteiger partial charge in [0.05, 0.1) is 0 Å². The molecule has 0 spiro atoms. The third-order valence-corrected chi connectivity index (χ3v) is 5.49. The van der Waals surface area contributed by atoms with Gasteiger partial charge in [-0.05, 0) is 26.2 Å². The molecule has 0 saturated carbocycles. The third kappa shape index (κ3) is 4.21. The Hall–Kier alpha value is -1.89. The molecule has 2 bridgehead atoms. The van der Waals surface area contributed by atoms with Crippen molar-refractivity contribution in [1.82, 2.24) is 20.0 Å². The highest BCUT2D eigenvalue weighted by Crippen LogP contribution is 2.29. The predicted molar refractivity (Wildman–Crippen MR) is 93.9 cm³/mol. The van der Waals surface area contributed by atoms with Crippen LogP contribution in [0.5, 0.6) is 0 Å². The molecule has 7 nitrogen and oxygen atoms in total. The summed E-state index contributed by atoms with van der Waals surface area (Å²) in [6, 6.07) is 0.366. The molecule has 0 aliphatic carbocycles. The number of piperazine rings is 1. The van der Waals surface area contributed by atoms with Crippen molar-refractivity contribution in [3.8, 4) is 0 Å². The van der Waals surface area contributed by atoms with Crippen molar-refractivity contribution >= 4 is 17.8 Å². The summed E-state index contributed by atoms with van der Waals surface area (Å²) < 4.78 is 0. The van der Waals surface area contributed by atoms with Crippen molar-refractivity contribution in [2.24, 2.45) is 0 Å². The second-order valence-electron chi connectivity index (χ2n) is 7.51. The second-order valence-corrected chi connectivity index (χ2v) is 7.51. The van der Waals surface area contributed by atoms with Crippen molar-refractivity contribution in [3.63, 3.8) is 0 Å². The van der Waals surface area contributed by atoms with Crippen LogP contribution in [0, 0.1) is 0 Å². The lowest BCUT2D eigenvalue weighted by atomic mass is 9.90. The van der Waals surface area contributed by atoms with E-state index in [1.165, 1.54) is 16.9 Å². The van der Waals surface area contributed by atoms with Gasteiger partial charge in [-0.2, -0.15) is 0 Å². The molecule has 4 amide bonds. The number of fused-ring (bicyclic) bond motifs is 2. The van der Waals surface area contributed by atoms with Crippen LogP contribution >= 0.6 is 0 Å². The second kappa shape index (κ2) is 7.56. The first kappa shape index (κ1) is 17.9. The van der Waals surface area contributed by atoms with Crippen LogP contribution in [-0.4, -0.2) is 77.4 Å². The summed E-state index contributed by atoms with van der Waals surface area (Å²) in [6.45, 7) is 8.93. The maximum Gasteiger partial charge on any atom is 0.324 e. The zero-order chi connectivity index (χ0) is 18.0. The molecule has 3 aliphatic rings. The number of hydrogen-bond donors (Lipinski definition) is 1. The maximum atomic E-state index is 12.7. The van der Waals surface area contributed by atoms with Crippen LogP contribution < -0.4 is 5.32 Å². The van der Waals surface area contributed by atoms with Crippen LogP contribution in [0.25, 0.3) is 0 Å². The smallest absolute Gasteiger partial charge is 0.324 e. The fraction of sp³-hybridized carbons (Fsp3) is 0.722. The summed E-state index contributed by atoms with van der Waals surface area (Å²) in [5.41, 5.74) is 1.20. The molecule has 3 rings (SSSR count). The largest absolute Gasteiger partial charge is 0.338 e. The number of hydrogen-bond acceptors (Lipinski definition) is 4. The van der Waals surface area contributed by atoms with E-state index in [1.807, 2.05) is 4.90 Å². The number of carbonyl (C=O) groups excluding carboxylic acids is 3. The van der Waals surface area contributed by atoms with Crippen LogP contribution in [0.15, 0.2) is 12.2 Å². The number of urea groups is 1. The van der Waals surface area contributed by atoms with Crippen molar-refractivity contribution in [2.45, 2.75) is 51.1 Å². The molecule has 0 radical (unpaired) electrons. The van der Waals surface area contributed by atoms with Gasteiger partial charge in [0.25, 0.3) is 0 Å². The molecule has 0 aromatic heterocycles. The molecular weight excluding hydrogens is 320 g/mol. The quantitative estimate of drug-likeness (QED) is 0.751. The molecule has 3 fully saturated rings. The number of piperidine rings is 1. The molecule has 25 heavy (non-hydrogen) atoms. The zero-order valence-corrected chi connectivity index (χ0v) is 15.0.